The Balaban J connectivity index is 2.37. The molecule has 0 saturated heterocycles. The zero-order valence-electron chi connectivity index (χ0n) is 11.3. The highest BCUT2D eigenvalue weighted by molar-refractivity contribution is 7.91. The lowest BCUT2D eigenvalue weighted by atomic mass is 10.2. The van der Waals surface area contributed by atoms with Crippen LogP contribution in [0.15, 0.2) is 35.2 Å². The standard InChI is InChI=1S/C14H21NO3S/c1-2-3-7-11-15-14(16)10-12-19(17,18)13-8-5-4-6-9-13/h4-6,8-9H,2-3,7,10-12H2,1H3,(H,15,16). The second-order valence-corrected chi connectivity index (χ2v) is 6.55. The van der Waals surface area contributed by atoms with Gasteiger partial charge in [-0.25, -0.2) is 8.42 Å². The Morgan fingerprint density at radius 3 is 2.47 bits per heavy atom. The van der Waals surface area contributed by atoms with E-state index in [-0.39, 0.29) is 23.0 Å². The maximum absolute atomic E-state index is 11.9. The molecule has 0 aromatic heterocycles. The Morgan fingerprint density at radius 2 is 1.84 bits per heavy atom. The smallest absolute Gasteiger partial charge is 0.221 e. The first-order valence-corrected chi connectivity index (χ1v) is 8.26. The number of carbonyl (C=O) groups excluding carboxylic acids is 1. The Bertz CT molecular complexity index is 483. The van der Waals surface area contributed by atoms with Gasteiger partial charge in [-0.05, 0) is 18.6 Å². The van der Waals surface area contributed by atoms with Crippen molar-refractivity contribution in [2.45, 2.75) is 37.5 Å². The minimum absolute atomic E-state index is 0.0172. The Kier molecular flexibility index (Phi) is 6.56. The van der Waals surface area contributed by atoms with Gasteiger partial charge in [-0.15, -0.1) is 0 Å². The van der Waals surface area contributed by atoms with E-state index in [2.05, 4.69) is 12.2 Å². The lowest BCUT2D eigenvalue weighted by Crippen LogP contribution is -2.26. The Hall–Kier alpha value is -1.36. The van der Waals surface area contributed by atoms with Crippen LogP contribution in [0.25, 0.3) is 0 Å². The molecule has 4 nitrogen and oxygen atoms in total. The number of rotatable bonds is 8. The van der Waals surface area contributed by atoms with Gasteiger partial charge in [-0.2, -0.15) is 0 Å². The molecule has 0 bridgehead atoms. The van der Waals surface area contributed by atoms with Crippen molar-refractivity contribution in [1.29, 1.82) is 0 Å². The third kappa shape index (κ3) is 5.87. The van der Waals surface area contributed by atoms with Gasteiger partial charge in [0.15, 0.2) is 9.84 Å². The molecule has 0 aliphatic heterocycles. The van der Waals surface area contributed by atoms with Crippen molar-refractivity contribution in [2.24, 2.45) is 0 Å². The van der Waals surface area contributed by atoms with Crippen LogP contribution in [0, 0.1) is 0 Å². The molecule has 19 heavy (non-hydrogen) atoms. The summed E-state index contributed by atoms with van der Waals surface area (Å²) < 4.78 is 23.9. The number of sulfone groups is 1. The van der Waals surface area contributed by atoms with Crippen LogP contribution in [-0.2, 0) is 14.6 Å². The number of amides is 1. The second-order valence-electron chi connectivity index (χ2n) is 4.44. The van der Waals surface area contributed by atoms with E-state index in [0.717, 1.165) is 19.3 Å². The molecule has 0 heterocycles. The summed E-state index contributed by atoms with van der Waals surface area (Å²) in [5.41, 5.74) is 0. The molecular weight excluding hydrogens is 262 g/mol. The Labute approximate surface area is 115 Å². The molecule has 1 aromatic carbocycles. The van der Waals surface area contributed by atoms with Gasteiger partial charge in [0.2, 0.25) is 5.91 Å². The molecule has 5 heteroatoms. The molecule has 0 spiro atoms. The molecule has 0 saturated carbocycles. The topological polar surface area (TPSA) is 63.2 Å². The van der Waals surface area contributed by atoms with E-state index in [0.29, 0.717) is 6.54 Å². The average molecular weight is 283 g/mol. The predicted octanol–water partition coefficient (Wildman–Crippen LogP) is 2.16. The molecule has 0 unspecified atom stereocenters. The monoisotopic (exact) mass is 283 g/mol. The van der Waals surface area contributed by atoms with Crippen LogP contribution in [0.4, 0.5) is 0 Å². The van der Waals surface area contributed by atoms with E-state index < -0.39 is 9.84 Å². The van der Waals surface area contributed by atoms with Crippen LogP contribution in [0.5, 0.6) is 0 Å². The van der Waals surface area contributed by atoms with Gasteiger partial charge in [0.05, 0.1) is 10.6 Å². The first kappa shape index (κ1) is 15.7. The van der Waals surface area contributed by atoms with Crippen LogP contribution in [0.1, 0.15) is 32.6 Å². The van der Waals surface area contributed by atoms with Crippen LogP contribution < -0.4 is 5.32 Å². The zero-order valence-corrected chi connectivity index (χ0v) is 12.1. The summed E-state index contributed by atoms with van der Waals surface area (Å²) in [5, 5.41) is 2.74. The van der Waals surface area contributed by atoms with E-state index in [1.807, 2.05) is 0 Å². The third-order valence-corrected chi connectivity index (χ3v) is 4.53. The normalized spacial score (nSPS) is 11.2. The fraction of sp³-hybridized carbons (Fsp3) is 0.500. The highest BCUT2D eigenvalue weighted by Crippen LogP contribution is 2.10. The van der Waals surface area contributed by atoms with Crippen molar-refractivity contribution >= 4 is 15.7 Å². The van der Waals surface area contributed by atoms with E-state index >= 15 is 0 Å². The summed E-state index contributed by atoms with van der Waals surface area (Å²) in [7, 11) is -3.35. The number of benzene rings is 1. The number of hydrogen-bond donors (Lipinski definition) is 1. The first-order valence-electron chi connectivity index (χ1n) is 6.61. The van der Waals surface area contributed by atoms with Crippen molar-refractivity contribution in [3.63, 3.8) is 0 Å². The van der Waals surface area contributed by atoms with Crippen LogP contribution in [0.2, 0.25) is 0 Å². The predicted molar refractivity (Wildman–Crippen MR) is 75.6 cm³/mol. The van der Waals surface area contributed by atoms with Gasteiger partial charge >= 0.3 is 0 Å². The third-order valence-electron chi connectivity index (χ3n) is 2.80. The summed E-state index contributed by atoms with van der Waals surface area (Å²) in [6, 6.07) is 8.22. The summed E-state index contributed by atoms with van der Waals surface area (Å²) in [4.78, 5) is 11.8. The summed E-state index contributed by atoms with van der Waals surface area (Å²) in [6.07, 6.45) is 3.12. The maximum atomic E-state index is 11.9. The minimum Gasteiger partial charge on any atom is -0.356 e. The van der Waals surface area contributed by atoms with Gasteiger partial charge in [-0.3, -0.25) is 4.79 Å². The zero-order chi connectivity index (χ0) is 14.1. The molecular formula is C14H21NO3S. The first-order chi connectivity index (χ1) is 9.06. The molecule has 0 atom stereocenters. The van der Waals surface area contributed by atoms with E-state index in [4.69, 9.17) is 0 Å². The molecule has 1 N–H and O–H groups in total. The number of hydrogen-bond acceptors (Lipinski definition) is 3. The van der Waals surface area contributed by atoms with Crippen LogP contribution in [-0.4, -0.2) is 26.6 Å². The second kappa shape index (κ2) is 7.94. The molecule has 0 radical (unpaired) electrons. The van der Waals surface area contributed by atoms with Crippen molar-refractivity contribution in [3.05, 3.63) is 30.3 Å². The molecule has 1 rings (SSSR count). The molecule has 0 fully saturated rings. The van der Waals surface area contributed by atoms with Crippen molar-refractivity contribution < 1.29 is 13.2 Å². The lowest BCUT2D eigenvalue weighted by molar-refractivity contribution is -0.120. The minimum atomic E-state index is -3.35. The molecule has 0 aliphatic carbocycles. The van der Waals surface area contributed by atoms with Crippen molar-refractivity contribution in [3.8, 4) is 0 Å². The maximum Gasteiger partial charge on any atom is 0.221 e. The fourth-order valence-corrected chi connectivity index (χ4v) is 2.93. The van der Waals surface area contributed by atoms with Crippen molar-refractivity contribution in [2.75, 3.05) is 12.3 Å². The molecule has 0 aliphatic rings. The summed E-state index contributed by atoms with van der Waals surface area (Å²) in [6.45, 7) is 2.71. The van der Waals surface area contributed by atoms with E-state index in [1.54, 1.807) is 30.3 Å². The number of unbranched alkanes of at least 4 members (excludes halogenated alkanes) is 2. The highest BCUT2D eigenvalue weighted by Gasteiger charge is 2.15. The molecule has 1 amide bonds. The van der Waals surface area contributed by atoms with Gasteiger partial charge in [0, 0.05) is 13.0 Å². The van der Waals surface area contributed by atoms with Gasteiger partial charge in [-0.1, -0.05) is 38.0 Å². The summed E-state index contributed by atoms with van der Waals surface area (Å²) in [5.74, 6) is -0.341. The van der Waals surface area contributed by atoms with E-state index in [1.165, 1.54) is 0 Å². The fourth-order valence-electron chi connectivity index (χ4n) is 1.66. The van der Waals surface area contributed by atoms with Crippen molar-refractivity contribution in [1.82, 2.24) is 5.32 Å². The Morgan fingerprint density at radius 1 is 1.16 bits per heavy atom. The van der Waals surface area contributed by atoms with Gasteiger partial charge < -0.3 is 5.32 Å². The molecule has 1 aromatic rings. The van der Waals surface area contributed by atoms with Crippen LogP contribution >= 0.6 is 0 Å². The lowest BCUT2D eigenvalue weighted by Gasteiger charge is -2.06. The highest BCUT2D eigenvalue weighted by atomic mass is 32.2. The summed E-state index contributed by atoms with van der Waals surface area (Å²) >= 11 is 0. The van der Waals surface area contributed by atoms with Crippen LogP contribution in [0.3, 0.4) is 0 Å². The quantitative estimate of drug-likeness (QED) is 0.744. The molecule has 106 valence electrons. The average Bonchev–Trinajstić information content (AvgIpc) is 2.42. The number of carbonyl (C=O) groups is 1. The van der Waals surface area contributed by atoms with Gasteiger partial charge in [0.1, 0.15) is 0 Å². The van der Waals surface area contributed by atoms with E-state index in [9.17, 15) is 13.2 Å². The number of nitrogens with one attached hydrogen (secondary N) is 1. The SMILES string of the molecule is CCCCCNC(=O)CCS(=O)(=O)c1ccccc1. The largest absolute Gasteiger partial charge is 0.356 e. The van der Waals surface area contributed by atoms with Gasteiger partial charge in [0.25, 0.3) is 0 Å².